The van der Waals surface area contributed by atoms with Gasteiger partial charge in [-0.3, -0.25) is 30.4 Å². The van der Waals surface area contributed by atoms with Crippen LogP contribution in [-0.4, -0.2) is 53.9 Å². The van der Waals surface area contributed by atoms with Gasteiger partial charge in [0.2, 0.25) is 0 Å². The average Bonchev–Trinajstić information content (AvgIpc) is 3.71. The molecule has 238 valence electrons. The van der Waals surface area contributed by atoms with Gasteiger partial charge in [-0.05, 0) is 31.2 Å². The van der Waals surface area contributed by atoms with E-state index in [9.17, 15) is 29.8 Å². The number of carboxylic acids is 1. The summed E-state index contributed by atoms with van der Waals surface area (Å²) in [7, 11) is 0. The van der Waals surface area contributed by atoms with Crippen LogP contribution < -0.4 is 0 Å². The zero-order valence-electron chi connectivity index (χ0n) is 25.2. The van der Waals surface area contributed by atoms with Crippen molar-refractivity contribution in [3.8, 4) is 22.5 Å². The van der Waals surface area contributed by atoms with Gasteiger partial charge in [0.05, 0.1) is 51.4 Å². The van der Waals surface area contributed by atoms with E-state index >= 15 is 0 Å². The number of benzene rings is 2. The van der Waals surface area contributed by atoms with Gasteiger partial charge in [-0.2, -0.15) is 10.2 Å². The van der Waals surface area contributed by atoms with Gasteiger partial charge in [0.1, 0.15) is 11.1 Å². The van der Waals surface area contributed by atoms with Crippen LogP contribution in [0, 0.1) is 20.2 Å². The Hall–Kier alpha value is -4.44. The normalized spacial score (nSPS) is 9.30. The Morgan fingerprint density at radius 3 is 1.55 bits per heavy atom. The number of aromatic carboxylic acids is 1. The van der Waals surface area contributed by atoms with E-state index in [0.717, 1.165) is 6.20 Å². The summed E-state index contributed by atoms with van der Waals surface area (Å²) in [6.07, 6.45) is 2.41. The Labute approximate surface area is 270 Å². The molecule has 0 amide bonds. The maximum Gasteiger partial charge on any atom is 0.341 e. The molecule has 0 saturated heterocycles. The first kappa shape index (κ1) is 39.6. The highest BCUT2D eigenvalue weighted by molar-refractivity contribution is 9.10. The van der Waals surface area contributed by atoms with E-state index in [2.05, 4.69) is 52.3 Å². The average molecular weight is 742 g/mol. The van der Waals surface area contributed by atoms with Gasteiger partial charge in [0.25, 0.3) is 11.4 Å². The highest BCUT2D eigenvalue weighted by Gasteiger charge is 2.24. The topological polar surface area (TPSA) is 207 Å². The Kier molecular flexibility index (Phi) is 18.4. The number of carbonyl (C=O) groups excluding carboxylic acids is 1. The zero-order chi connectivity index (χ0) is 34.0. The number of aromatic nitrogens is 4. The quantitative estimate of drug-likeness (QED) is 0.0935. The second-order valence-corrected chi connectivity index (χ2v) is 9.01. The fourth-order valence-electron chi connectivity index (χ4n) is 3.24. The van der Waals surface area contributed by atoms with Gasteiger partial charge in [-0.1, -0.05) is 73.4 Å². The zero-order valence-corrected chi connectivity index (χ0v) is 28.3. The number of H-pyrrole nitrogens is 2. The second-order valence-electron chi connectivity index (χ2n) is 7.18. The molecule has 0 bridgehead atoms. The van der Waals surface area contributed by atoms with Crippen LogP contribution in [0.15, 0.2) is 57.7 Å². The minimum Gasteiger partial charge on any atom is -0.478 e. The summed E-state index contributed by atoms with van der Waals surface area (Å²) in [6, 6.07) is 8.92. The van der Waals surface area contributed by atoms with Crippen molar-refractivity contribution in [1.29, 1.82) is 0 Å². The molecule has 0 radical (unpaired) electrons. The number of nitro benzene ring substituents is 2. The Morgan fingerprint density at radius 1 is 0.795 bits per heavy atom. The Balaban J connectivity index is 0.000000721. The number of rotatable bonds is 7. The lowest BCUT2D eigenvalue weighted by molar-refractivity contribution is -0.384. The fourth-order valence-corrected chi connectivity index (χ4v) is 3.94. The molecule has 3 N–H and O–H groups in total. The van der Waals surface area contributed by atoms with Crippen LogP contribution in [0.4, 0.5) is 11.4 Å². The molecule has 4 aromatic rings. The standard InChI is InChI=1S/C12H10BrN3O4.C10H6BrN3O4.3C2H6/c1-2-20-12(17)9-6-14-15-11(9)8-4-3-7(13)5-10(8)16(18)19;11-5-1-2-6(8(3-5)14(17)18)9-7(10(15)16)4-12-13-9;3*1-2/h3-6H,2H2,1H3,(H,14,15);1-4H,(H,12,13)(H,15,16);3*1-2H3. The van der Waals surface area contributed by atoms with Crippen LogP contribution in [0.2, 0.25) is 0 Å². The predicted molar refractivity (Wildman–Crippen MR) is 174 cm³/mol. The number of nitro groups is 2. The van der Waals surface area contributed by atoms with Crippen LogP contribution in [0.5, 0.6) is 0 Å². The lowest BCUT2D eigenvalue weighted by Gasteiger charge is -2.04. The number of hydrogen-bond acceptors (Lipinski definition) is 9. The number of aromatic amines is 2. The van der Waals surface area contributed by atoms with E-state index in [1.165, 1.54) is 24.4 Å². The number of carboxylic acid groups (broad SMARTS) is 1. The van der Waals surface area contributed by atoms with E-state index in [4.69, 9.17) is 9.84 Å². The van der Waals surface area contributed by atoms with Gasteiger partial charge in [-0.15, -0.1) is 0 Å². The van der Waals surface area contributed by atoms with Gasteiger partial charge < -0.3 is 9.84 Å². The highest BCUT2D eigenvalue weighted by Crippen LogP contribution is 2.34. The SMILES string of the molecule is CC.CC.CC.CCOC(=O)c1cn[nH]c1-c1ccc(Br)cc1[N+](=O)[O-].O=C(O)c1cn[nH]c1-c1ccc(Br)cc1[N+](=O)[O-]. The van der Waals surface area contributed by atoms with E-state index in [1.54, 1.807) is 25.1 Å². The van der Waals surface area contributed by atoms with Crippen molar-refractivity contribution in [2.45, 2.75) is 48.5 Å². The van der Waals surface area contributed by atoms with E-state index in [0.29, 0.717) is 8.95 Å². The number of nitrogens with zero attached hydrogens (tertiary/aromatic N) is 4. The largest absolute Gasteiger partial charge is 0.478 e. The van der Waals surface area contributed by atoms with E-state index < -0.39 is 21.8 Å². The van der Waals surface area contributed by atoms with Crippen molar-refractivity contribution in [3.63, 3.8) is 0 Å². The summed E-state index contributed by atoms with van der Waals surface area (Å²) >= 11 is 6.31. The first-order chi connectivity index (χ1) is 21.0. The Morgan fingerprint density at radius 2 is 1.18 bits per heavy atom. The lowest BCUT2D eigenvalue weighted by Crippen LogP contribution is -2.05. The monoisotopic (exact) mass is 740 g/mol. The third-order valence-electron chi connectivity index (χ3n) is 4.86. The molecule has 0 aliphatic heterocycles. The molecule has 0 saturated carbocycles. The molecule has 0 unspecified atom stereocenters. The van der Waals surface area contributed by atoms with Gasteiger partial charge in [-0.25, -0.2) is 9.59 Å². The van der Waals surface area contributed by atoms with Gasteiger partial charge in [0.15, 0.2) is 0 Å². The first-order valence-corrected chi connectivity index (χ1v) is 15.0. The molecule has 0 fully saturated rings. The van der Waals surface area contributed by atoms with Crippen molar-refractivity contribution in [3.05, 3.63) is 89.1 Å². The highest BCUT2D eigenvalue weighted by atomic mass is 79.9. The van der Waals surface area contributed by atoms with Gasteiger partial charge >= 0.3 is 11.9 Å². The number of nitrogens with one attached hydrogen (secondary N) is 2. The maximum atomic E-state index is 11.8. The van der Waals surface area contributed by atoms with Crippen molar-refractivity contribution >= 4 is 55.2 Å². The second kappa shape index (κ2) is 20.5. The maximum absolute atomic E-state index is 11.8. The molecular formula is C28H34Br2N6O8. The summed E-state index contributed by atoms with van der Waals surface area (Å²) in [5.74, 6) is -1.77. The molecule has 0 aliphatic rings. The minimum atomic E-state index is -1.20. The summed E-state index contributed by atoms with van der Waals surface area (Å²) in [5.41, 5.74) is 0.559. The number of esters is 1. The van der Waals surface area contributed by atoms with E-state index in [1.807, 2.05) is 41.5 Å². The first-order valence-electron chi connectivity index (χ1n) is 13.4. The molecule has 14 nitrogen and oxygen atoms in total. The van der Waals surface area contributed by atoms with Crippen molar-refractivity contribution in [2.75, 3.05) is 6.61 Å². The van der Waals surface area contributed by atoms with Gasteiger partial charge in [0, 0.05) is 21.1 Å². The molecule has 4 rings (SSSR count). The van der Waals surface area contributed by atoms with Crippen molar-refractivity contribution in [2.24, 2.45) is 0 Å². The predicted octanol–water partition coefficient (Wildman–Crippen LogP) is 8.45. The number of ether oxygens (including phenoxy) is 1. The molecule has 0 aliphatic carbocycles. The summed E-state index contributed by atoms with van der Waals surface area (Å²) in [6.45, 7) is 13.9. The fraction of sp³-hybridized carbons (Fsp3) is 0.286. The van der Waals surface area contributed by atoms with Crippen LogP contribution in [-0.2, 0) is 4.74 Å². The summed E-state index contributed by atoms with van der Waals surface area (Å²) in [4.78, 5) is 43.7. The van der Waals surface area contributed by atoms with Crippen LogP contribution in [0.25, 0.3) is 22.5 Å². The Bertz CT molecular complexity index is 1540. The number of carbonyl (C=O) groups is 2. The molecule has 2 aromatic heterocycles. The molecule has 44 heavy (non-hydrogen) atoms. The minimum absolute atomic E-state index is 0.111. The molecule has 0 spiro atoms. The summed E-state index contributed by atoms with van der Waals surface area (Å²) in [5, 5.41) is 43.5. The van der Waals surface area contributed by atoms with Crippen LogP contribution in [0.1, 0.15) is 69.2 Å². The van der Waals surface area contributed by atoms with E-state index in [-0.39, 0.29) is 51.6 Å². The van der Waals surface area contributed by atoms with Crippen LogP contribution in [0.3, 0.4) is 0 Å². The third kappa shape index (κ3) is 10.7. The van der Waals surface area contributed by atoms with Crippen molar-refractivity contribution < 1.29 is 29.3 Å². The molecular weight excluding hydrogens is 708 g/mol. The number of halogens is 2. The summed E-state index contributed by atoms with van der Waals surface area (Å²) < 4.78 is 6.01. The third-order valence-corrected chi connectivity index (χ3v) is 5.84. The number of hydrogen-bond donors (Lipinski definition) is 3. The molecule has 2 heterocycles. The van der Waals surface area contributed by atoms with Crippen molar-refractivity contribution in [1.82, 2.24) is 20.4 Å². The smallest absolute Gasteiger partial charge is 0.341 e. The molecule has 2 aromatic carbocycles. The molecule has 16 heteroatoms. The van der Waals surface area contributed by atoms with Crippen LogP contribution >= 0.6 is 31.9 Å². The lowest BCUT2D eigenvalue weighted by atomic mass is 10.1. The molecule has 0 atom stereocenters.